The van der Waals surface area contributed by atoms with E-state index in [1.54, 1.807) is 0 Å². The van der Waals surface area contributed by atoms with Gasteiger partial charge in [0.1, 0.15) is 0 Å². The summed E-state index contributed by atoms with van der Waals surface area (Å²) in [4.78, 5) is 0. The standard InChI is InChI=1S/C16H18N2/c1-13(17-15-9-5-3-6-10-15)14(2)18-16-11-7-4-8-12-16/h3-12,17-18H,1-2H3/b14-13-. The van der Waals surface area contributed by atoms with Gasteiger partial charge in [0.25, 0.3) is 0 Å². The van der Waals surface area contributed by atoms with Gasteiger partial charge in [-0.3, -0.25) is 0 Å². The second-order valence-electron chi connectivity index (χ2n) is 4.23. The lowest BCUT2D eigenvalue weighted by molar-refractivity contribution is 1.23. The number of para-hydroxylation sites is 2. The van der Waals surface area contributed by atoms with Crippen LogP contribution >= 0.6 is 0 Å². The van der Waals surface area contributed by atoms with Crippen LogP contribution < -0.4 is 10.6 Å². The lowest BCUT2D eigenvalue weighted by Gasteiger charge is -2.13. The molecule has 0 saturated heterocycles. The second kappa shape index (κ2) is 5.92. The largest absolute Gasteiger partial charge is 0.358 e. The van der Waals surface area contributed by atoms with Crippen LogP contribution in [0.3, 0.4) is 0 Å². The van der Waals surface area contributed by atoms with E-state index in [2.05, 4.69) is 48.7 Å². The fraction of sp³-hybridized carbons (Fsp3) is 0.125. The molecule has 0 spiro atoms. The van der Waals surface area contributed by atoms with Crippen LogP contribution in [-0.4, -0.2) is 0 Å². The molecule has 2 nitrogen and oxygen atoms in total. The van der Waals surface area contributed by atoms with Crippen molar-refractivity contribution in [1.29, 1.82) is 0 Å². The normalized spacial score (nSPS) is 11.7. The van der Waals surface area contributed by atoms with Crippen molar-refractivity contribution in [2.24, 2.45) is 0 Å². The van der Waals surface area contributed by atoms with Crippen molar-refractivity contribution in [2.75, 3.05) is 10.6 Å². The van der Waals surface area contributed by atoms with E-state index in [1.165, 1.54) is 0 Å². The molecule has 2 N–H and O–H groups in total. The van der Waals surface area contributed by atoms with Crippen LogP contribution in [0.1, 0.15) is 13.8 Å². The van der Waals surface area contributed by atoms with Crippen molar-refractivity contribution in [2.45, 2.75) is 13.8 Å². The number of hydrogen-bond donors (Lipinski definition) is 2. The molecule has 2 aromatic carbocycles. The first-order chi connectivity index (χ1) is 8.75. The highest BCUT2D eigenvalue weighted by atomic mass is 15.0. The second-order valence-corrected chi connectivity index (χ2v) is 4.23. The summed E-state index contributed by atoms with van der Waals surface area (Å²) in [7, 11) is 0. The van der Waals surface area contributed by atoms with Crippen molar-refractivity contribution >= 4 is 11.4 Å². The lowest BCUT2D eigenvalue weighted by Crippen LogP contribution is -2.05. The molecule has 2 rings (SSSR count). The first-order valence-corrected chi connectivity index (χ1v) is 6.07. The summed E-state index contributed by atoms with van der Waals surface area (Å²) in [5, 5.41) is 6.76. The summed E-state index contributed by atoms with van der Waals surface area (Å²) in [6.45, 7) is 4.14. The van der Waals surface area contributed by atoms with Gasteiger partial charge in [0.15, 0.2) is 0 Å². The molecule has 92 valence electrons. The number of anilines is 2. The van der Waals surface area contributed by atoms with Crippen molar-refractivity contribution in [3.63, 3.8) is 0 Å². The molecular weight excluding hydrogens is 220 g/mol. The molecule has 0 aliphatic carbocycles. The highest BCUT2D eigenvalue weighted by Crippen LogP contribution is 2.14. The topological polar surface area (TPSA) is 24.1 Å². The Labute approximate surface area is 108 Å². The monoisotopic (exact) mass is 238 g/mol. The van der Waals surface area contributed by atoms with Crippen molar-refractivity contribution in [3.8, 4) is 0 Å². The average Bonchev–Trinajstić information content (AvgIpc) is 2.41. The summed E-state index contributed by atoms with van der Waals surface area (Å²) in [6.07, 6.45) is 0. The highest BCUT2D eigenvalue weighted by Gasteiger charge is 1.98. The molecule has 0 atom stereocenters. The molecule has 0 fully saturated rings. The van der Waals surface area contributed by atoms with Gasteiger partial charge in [-0.05, 0) is 38.1 Å². The van der Waals surface area contributed by atoms with E-state index in [9.17, 15) is 0 Å². The number of allylic oxidation sites excluding steroid dienone is 2. The first-order valence-electron chi connectivity index (χ1n) is 6.07. The van der Waals surface area contributed by atoms with E-state index in [-0.39, 0.29) is 0 Å². The molecule has 0 radical (unpaired) electrons. The Morgan fingerprint density at radius 2 is 0.944 bits per heavy atom. The maximum Gasteiger partial charge on any atom is 0.0382 e. The zero-order valence-electron chi connectivity index (χ0n) is 10.8. The van der Waals surface area contributed by atoms with E-state index in [0.717, 1.165) is 22.8 Å². The Hall–Kier alpha value is -2.22. The Morgan fingerprint density at radius 1 is 0.611 bits per heavy atom. The van der Waals surface area contributed by atoms with Gasteiger partial charge in [0.05, 0.1) is 0 Å². The maximum atomic E-state index is 3.38. The number of benzene rings is 2. The maximum absolute atomic E-state index is 3.38. The van der Waals surface area contributed by atoms with Crippen LogP contribution in [0, 0.1) is 0 Å². The fourth-order valence-corrected chi connectivity index (χ4v) is 1.66. The lowest BCUT2D eigenvalue weighted by atomic mass is 10.2. The van der Waals surface area contributed by atoms with Gasteiger partial charge in [-0.25, -0.2) is 0 Å². The van der Waals surface area contributed by atoms with Crippen LogP contribution in [0.5, 0.6) is 0 Å². The molecule has 0 saturated carbocycles. The van der Waals surface area contributed by atoms with E-state index < -0.39 is 0 Å². The van der Waals surface area contributed by atoms with Gasteiger partial charge in [0, 0.05) is 22.8 Å². The van der Waals surface area contributed by atoms with Crippen LogP contribution in [0.25, 0.3) is 0 Å². The van der Waals surface area contributed by atoms with Gasteiger partial charge in [0.2, 0.25) is 0 Å². The van der Waals surface area contributed by atoms with Crippen LogP contribution in [0.15, 0.2) is 72.1 Å². The van der Waals surface area contributed by atoms with Gasteiger partial charge < -0.3 is 10.6 Å². The summed E-state index contributed by atoms with van der Waals surface area (Å²) in [5.74, 6) is 0. The molecule has 0 unspecified atom stereocenters. The predicted molar refractivity (Wildman–Crippen MR) is 78.5 cm³/mol. The third kappa shape index (κ3) is 3.39. The summed E-state index contributed by atoms with van der Waals surface area (Å²) in [5.41, 5.74) is 4.43. The molecule has 0 bridgehead atoms. The van der Waals surface area contributed by atoms with Crippen molar-refractivity contribution in [1.82, 2.24) is 0 Å². The Bertz CT molecular complexity index is 466. The van der Waals surface area contributed by atoms with E-state index in [4.69, 9.17) is 0 Å². The van der Waals surface area contributed by atoms with Gasteiger partial charge >= 0.3 is 0 Å². The zero-order valence-corrected chi connectivity index (χ0v) is 10.8. The molecule has 18 heavy (non-hydrogen) atoms. The molecule has 0 heterocycles. The summed E-state index contributed by atoms with van der Waals surface area (Å²) < 4.78 is 0. The van der Waals surface area contributed by atoms with Crippen LogP contribution in [0.2, 0.25) is 0 Å². The summed E-state index contributed by atoms with van der Waals surface area (Å²) in [6, 6.07) is 20.3. The molecule has 0 aliphatic rings. The molecular formula is C16H18N2. The van der Waals surface area contributed by atoms with E-state index >= 15 is 0 Å². The van der Waals surface area contributed by atoms with Crippen LogP contribution in [-0.2, 0) is 0 Å². The summed E-state index contributed by atoms with van der Waals surface area (Å²) >= 11 is 0. The third-order valence-electron chi connectivity index (χ3n) is 2.77. The van der Waals surface area contributed by atoms with Gasteiger partial charge in [-0.15, -0.1) is 0 Å². The van der Waals surface area contributed by atoms with Gasteiger partial charge in [-0.1, -0.05) is 36.4 Å². The Morgan fingerprint density at radius 3 is 1.28 bits per heavy atom. The molecule has 2 aromatic rings. The average molecular weight is 238 g/mol. The molecule has 2 heteroatoms. The van der Waals surface area contributed by atoms with Crippen molar-refractivity contribution in [3.05, 3.63) is 72.1 Å². The minimum Gasteiger partial charge on any atom is -0.358 e. The quantitative estimate of drug-likeness (QED) is 0.821. The zero-order chi connectivity index (χ0) is 12.8. The number of hydrogen-bond acceptors (Lipinski definition) is 2. The van der Waals surface area contributed by atoms with Crippen molar-refractivity contribution < 1.29 is 0 Å². The molecule has 0 amide bonds. The molecule has 0 aliphatic heterocycles. The smallest absolute Gasteiger partial charge is 0.0382 e. The third-order valence-corrected chi connectivity index (χ3v) is 2.77. The highest BCUT2D eigenvalue weighted by molar-refractivity contribution is 5.52. The number of rotatable bonds is 4. The molecule has 0 aromatic heterocycles. The fourth-order valence-electron chi connectivity index (χ4n) is 1.66. The van der Waals surface area contributed by atoms with Gasteiger partial charge in [-0.2, -0.15) is 0 Å². The first kappa shape index (κ1) is 12.2. The SMILES string of the molecule is C/C(Nc1ccccc1)=C(\C)Nc1ccccc1. The number of nitrogens with one attached hydrogen (secondary N) is 2. The minimum atomic E-state index is 1.10. The van der Waals surface area contributed by atoms with E-state index in [0.29, 0.717) is 0 Å². The Kier molecular flexibility index (Phi) is 4.02. The minimum absolute atomic E-state index is 1.10. The van der Waals surface area contributed by atoms with E-state index in [1.807, 2.05) is 36.4 Å². The Balaban J connectivity index is 2.06. The predicted octanol–water partition coefficient (Wildman–Crippen LogP) is 4.46. The van der Waals surface area contributed by atoms with Crippen LogP contribution in [0.4, 0.5) is 11.4 Å².